The zero-order valence-electron chi connectivity index (χ0n) is 15.4. The van der Waals surface area contributed by atoms with Crippen LogP contribution in [0, 0.1) is 6.92 Å². The highest BCUT2D eigenvalue weighted by molar-refractivity contribution is 5.99. The first-order chi connectivity index (χ1) is 12.6. The molecule has 0 radical (unpaired) electrons. The van der Waals surface area contributed by atoms with Gasteiger partial charge in [-0.2, -0.15) is 0 Å². The molecule has 0 N–H and O–H groups in total. The van der Waals surface area contributed by atoms with Gasteiger partial charge in [-0.05, 0) is 31.9 Å². The third kappa shape index (κ3) is 2.75. The number of carbonyl (C=O) groups excluding carboxylic acids is 1. The number of rotatable bonds is 3. The molecule has 136 valence electrons. The first-order valence-corrected chi connectivity index (χ1v) is 8.92. The lowest BCUT2D eigenvalue weighted by atomic mass is 9.95. The van der Waals surface area contributed by atoms with Crippen molar-refractivity contribution >= 4 is 16.9 Å². The number of aromatic nitrogens is 2. The number of piperidine rings is 1. The summed E-state index contributed by atoms with van der Waals surface area (Å²) in [5.41, 5.74) is 1.58. The van der Waals surface area contributed by atoms with E-state index in [0.717, 1.165) is 48.5 Å². The molecule has 0 atom stereocenters. The van der Waals surface area contributed by atoms with Crippen molar-refractivity contribution in [3.05, 3.63) is 47.7 Å². The van der Waals surface area contributed by atoms with Crippen molar-refractivity contribution in [1.82, 2.24) is 14.5 Å². The van der Waals surface area contributed by atoms with Crippen molar-refractivity contribution in [2.75, 3.05) is 20.2 Å². The first-order valence-electron chi connectivity index (χ1n) is 8.92. The summed E-state index contributed by atoms with van der Waals surface area (Å²) >= 11 is 0. The van der Waals surface area contributed by atoms with Gasteiger partial charge in [0.15, 0.2) is 5.76 Å². The van der Waals surface area contributed by atoms with E-state index < -0.39 is 0 Å². The standard InChI is InChI=1S/C20H23N3O3/c1-13-16-5-4-15(25-3)12-17(16)26-18(13)20(24)23-9-6-14(7-10-23)19-21-8-11-22(19)2/h4-5,8,11-12,14H,6-7,9-10H2,1-3H3. The maximum absolute atomic E-state index is 13.0. The van der Waals surface area contributed by atoms with E-state index in [4.69, 9.17) is 9.15 Å². The summed E-state index contributed by atoms with van der Waals surface area (Å²) in [6, 6.07) is 5.65. The van der Waals surface area contributed by atoms with Gasteiger partial charge in [-0.25, -0.2) is 4.98 Å². The van der Waals surface area contributed by atoms with Crippen molar-refractivity contribution in [1.29, 1.82) is 0 Å². The van der Waals surface area contributed by atoms with E-state index in [1.165, 1.54) is 0 Å². The lowest BCUT2D eigenvalue weighted by Crippen LogP contribution is -2.38. The third-order valence-electron chi connectivity index (χ3n) is 5.35. The fourth-order valence-electron chi connectivity index (χ4n) is 3.79. The second-order valence-electron chi connectivity index (χ2n) is 6.88. The molecule has 1 amide bonds. The SMILES string of the molecule is COc1ccc2c(C)c(C(=O)N3CCC(c4nccn4C)CC3)oc2c1. The summed E-state index contributed by atoms with van der Waals surface area (Å²) in [5, 5.41) is 0.956. The van der Waals surface area contributed by atoms with Crippen LogP contribution < -0.4 is 4.74 Å². The Morgan fingerprint density at radius 3 is 2.73 bits per heavy atom. The average Bonchev–Trinajstić information content (AvgIpc) is 3.24. The Hall–Kier alpha value is -2.76. The molecule has 0 aliphatic carbocycles. The second-order valence-corrected chi connectivity index (χ2v) is 6.88. The van der Waals surface area contributed by atoms with Gasteiger partial charge in [0.05, 0.1) is 7.11 Å². The van der Waals surface area contributed by atoms with Gasteiger partial charge in [0.25, 0.3) is 5.91 Å². The van der Waals surface area contributed by atoms with Crippen LogP contribution in [0.2, 0.25) is 0 Å². The van der Waals surface area contributed by atoms with Gasteiger partial charge < -0.3 is 18.6 Å². The number of benzene rings is 1. The molecule has 1 saturated heterocycles. The van der Waals surface area contributed by atoms with E-state index in [2.05, 4.69) is 9.55 Å². The van der Waals surface area contributed by atoms with Gasteiger partial charge >= 0.3 is 0 Å². The van der Waals surface area contributed by atoms with Crippen LogP contribution in [0.1, 0.15) is 40.7 Å². The molecule has 0 bridgehead atoms. The number of nitrogens with zero attached hydrogens (tertiary/aromatic N) is 3. The molecule has 6 nitrogen and oxygen atoms in total. The smallest absolute Gasteiger partial charge is 0.289 e. The highest BCUT2D eigenvalue weighted by Crippen LogP contribution is 2.31. The number of hydrogen-bond acceptors (Lipinski definition) is 4. The number of aryl methyl sites for hydroxylation is 2. The predicted octanol–water partition coefficient (Wildman–Crippen LogP) is 3.50. The monoisotopic (exact) mass is 353 g/mol. The van der Waals surface area contributed by atoms with Crippen molar-refractivity contribution in [3.8, 4) is 5.75 Å². The van der Waals surface area contributed by atoms with E-state index in [9.17, 15) is 4.79 Å². The van der Waals surface area contributed by atoms with Gasteiger partial charge in [0.1, 0.15) is 17.2 Å². The maximum atomic E-state index is 13.0. The minimum Gasteiger partial charge on any atom is -0.497 e. The topological polar surface area (TPSA) is 60.5 Å². The van der Waals surface area contributed by atoms with E-state index >= 15 is 0 Å². The number of amides is 1. The molecule has 1 aliphatic rings. The van der Waals surface area contributed by atoms with E-state index in [1.807, 2.05) is 49.5 Å². The van der Waals surface area contributed by atoms with Crippen molar-refractivity contribution in [3.63, 3.8) is 0 Å². The Kier molecular flexibility index (Phi) is 4.18. The minimum absolute atomic E-state index is 0.0315. The molecule has 0 spiro atoms. The van der Waals surface area contributed by atoms with Crippen molar-refractivity contribution < 1.29 is 13.9 Å². The number of ether oxygens (including phenoxy) is 1. The summed E-state index contributed by atoms with van der Waals surface area (Å²) in [5.74, 6) is 2.63. The van der Waals surface area contributed by atoms with Crippen LogP contribution in [0.3, 0.4) is 0 Å². The van der Waals surface area contributed by atoms with Crippen molar-refractivity contribution in [2.45, 2.75) is 25.7 Å². The normalized spacial score (nSPS) is 15.6. The number of furan rings is 1. The summed E-state index contributed by atoms with van der Waals surface area (Å²) in [6.45, 7) is 3.37. The summed E-state index contributed by atoms with van der Waals surface area (Å²) < 4.78 is 13.2. The Labute approximate surface area is 152 Å². The molecule has 0 unspecified atom stereocenters. The number of methoxy groups -OCH3 is 1. The molecule has 1 fully saturated rings. The zero-order chi connectivity index (χ0) is 18.3. The van der Waals surface area contributed by atoms with Crippen LogP contribution in [-0.4, -0.2) is 40.6 Å². The van der Waals surface area contributed by atoms with Crippen LogP contribution >= 0.6 is 0 Å². The number of hydrogen-bond donors (Lipinski definition) is 0. The zero-order valence-corrected chi connectivity index (χ0v) is 15.4. The molecule has 6 heteroatoms. The molecule has 1 aliphatic heterocycles. The van der Waals surface area contributed by atoms with E-state index in [1.54, 1.807) is 7.11 Å². The average molecular weight is 353 g/mol. The lowest BCUT2D eigenvalue weighted by Gasteiger charge is -2.31. The molecule has 2 aromatic heterocycles. The van der Waals surface area contributed by atoms with E-state index in [0.29, 0.717) is 17.3 Å². The van der Waals surface area contributed by atoms with Crippen LogP contribution in [0.15, 0.2) is 35.0 Å². The molecule has 26 heavy (non-hydrogen) atoms. The fourth-order valence-corrected chi connectivity index (χ4v) is 3.79. The largest absolute Gasteiger partial charge is 0.497 e. The van der Waals surface area contributed by atoms with Crippen molar-refractivity contribution in [2.24, 2.45) is 7.05 Å². The molecule has 1 aromatic carbocycles. The molecule has 3 aromatic rings. The number of fused-ring (bicyclic) bond motifs is 1. The number of carbonyl (C=O) groups is 1. The Bertz CT molecular complexity index is 949. The summed E-state index contributed by atoms with van der Waals surface area (Å²) in [7, 11) is 3.64. The quantitative estimate of drug-likeness (QED) is 0.723. The lowest BCUT2D eigenvalue weighted by molar-refractivity contribution is 0.0679. The van der Waals surface area contributed by atoms with Crippen LogP contribution in [0.25, 0.3) is 11.0 Å². The summed E-state index contributed by atoms with van der Waals surface area (Å²) in [4.78, 5) is 19.3. The van der Waals surface area contributed by atoms with Gasteiger partial charge in [0, 0.05) is 55.5 Å². The van der Waals surface area contributed by atoms with Gasteiger partial charge in [0.2, 0.25) is 0 Å². The van der Waals surface area contributed by atoms with Gasteiger partial charge in [-0.1, -0.05) is 0 Å². The van der Waals surface area contributed by atoms with Crippen LogP contribution in [-0.2, 0) is 7.05 Å². The predicted molar refractivity (Wildman–Crippen MR) is 98.6 cm³/mol. The molecule has 3 heterocycles. The maximum Gasteiger partial charge on any atom is 0.289 e. The second kappa shape index (κ2) is 6.52. The van der Waals surface area contributed by atoms with E-state index in [-0.39, 0.29) is 5.91 Å². The minimum atomic E-state index is -0.0315. The highest BCUT2D eigenvalue weighted by atomic mass is 16.5. The summed E-state index contributed by atoms with van der Waals surface area (Å²) in [6.07, 6.45) is 5.64. The Morgan fingerprint density at radius 1 is 1.31 bits per heavy atom. The van der Waals surface area contributed by atoms with Crippen LogP contribution in [0.4, 0.5) is 0 Å². The molecule has 0 saturated carbocycles. The number of imidazole rings is 1. The van der Waals surface area contributed by atoms with Crippen LogP contribution in [0.5, 0.6) is 5.75 Å². The third-order valence-corrected chi connectivity index (χ3v) is 5.35. The van der Waals surface area contributed by atoms with Gasteiger partial charge in [-0.3, -0.25) is 4.79 Å². The fraction of sp³-hybridized carbons (Fsp3) is 0.400. The molecular formula is C20H23N3O3. The highest BCUT2D eigenvalue weighted by Gasteiger charge is 2.29. The van der Waals surface area contributed by atoms with Gasteiger partial charge in [-0.15, -0.1) is 0 Å². The number of likely N-dealkylation sites (tertiary alicyclic amines) is 1. The molecule has 4 rings (SSSR count). The first kappa shape index (κ1) is 16.7. The Morgan fingerprint density at radius 2 is 2.08 bits per heavy atom. The Balaban J connectivity index is 1.53. The molecular weight excluding hydrogens is 330 g/mol.